The predicted octanol–water partition coefficient (Wildman–Crippen LogP) is 1.67. The van der Waals surface area contributed by atoms with E-state index in [0.29, 0.717) is 17.5 Å². The van der Waals surface area contributed by atoms with Gasteiger partial charge in [0.1, 0.15) is 5.70 Å². The van der Waals surface area contributed by atoms with Crippen LogP contribution in [0.5, 0.6) is 0 Å². The zero-order valence-electron chi connectivity index (χ0n) is 10.2. The summed E-state index contributed by atoms with van der Waals surface area (Å²) in [6.07, 6.45) is 10.1. The number of amidine groups is 1. The van der Waals surface area contributed by atoms with Crippen LogP contribution in [0.3, 0.4) is 0 Å². The number of nitrogens with zero attached hydrogens (tertiary/aromatic N) is 8. The molecule has 4 heterocycles. The molecule has 0 atom stereocenters. The van der Waals surface area contributed by atoms with E-state index >= 15 is 0 Å². The van der Waals surface area contributed by atoms with Crippen molar-refractivity contribution in [2.75, 3.05) is 0 Å². The van der Waals surface area contributed by atoms with Crippen molar-refractivity contribution < 1.29 is 0 Å². The van der Waals surface area contributed by atoms with Crippen LogP contribution in [-0.4, -0.2) is 32.0 Å². The summed E-state index contributed by atoms with van der Waals surface area (Å²) in [5, 5.41) is 10.7. The molecule has 4 rings (SSSR count). The van der Waals surface area contributed by atoms with E-state index in [9.17, 15) is 0 Å². The third-order valence-corrected chi connectivity index (χ3v) is 2.28. The van der Waals surface area contributed by atoms with Crippen LogP contribution < -0.4 is 0 Å². The van der Waals surface area contributed by atoms with Crippen LogP contribution in [-0.2, 0) is 0 Å². The molecule has 0 unspecified atom stereocenters. The molecule has 2 aliphatic heterocycles. The number of aromatic nitrogens is 4. The van der Waals surface area contributed by atoms with Crippen LogP contribution >= 0.6 is 0 Å². The van der Waals surface area contributed by atoms with Gasteiger partial charge in [0.2, 0.25) is 5.84 Å². The minimum absolute atomic E-state index is 0.554. The summed E-state index contributed by atoms with van der Waals surface area (Å²) in [7, 11) is 0. The number of hydrogen-bond acceptors (Lipinski definition) is 8. The molecular weight excluding hydrogens is 256 g/mol. The Balaban J connectivity index is 0.000000131. The Labute approximate surface area is 113 Å². The average Bonchev–Trinajstić information content (AvgIpc) is 3.14. The number of aliphatic imine (C=N–C) groups is 1. The maximum atomic E-state index is 4.01. The van der Waals surface area contributed by atoms with Crippen LogP contribution in [0.25, 0.3) is 11.6 Å². The molecule has 96 valence electrons. The van der Waals surface area contributed by atoms with Crippen LogP contribution in [0.4, 0.5) is 0 Å². The summed E-state index contributed by atoms with van der Waals surface area (Å²) in [6.45, 7) is 0. The van der Waals surface area contributed by atoms with Crippen molar-refractivity contribution in [2.24, 2.45) is 20.4 Å². The lowest BCUT2D eigenvalue weighted by Gasteiger charge is -1.93. The molecule has 0 saturated heterocycles. The van der Waals surface area contributed by atoms with E-state index in [1.54, 1.807) is 49.2 Å². The van der Waals surface area contributed by atoms with Gasteiger partial charge in [0.15, 0.2) is 11.6 Å². The summed E-state index contributed by atoms with van der Waals surface area (Å²) < 4.78 is 0. The summed E-state index contributed by atoms with van der Waals surface area (Å²) >= 11 is 0. The molecule has 2 aromatic rings. The molecular formula is C12H8N8. The fraction of sp³-hybridized carbons (Fsp3) is 0. The molecule has 2 aromatic heterocycles. The fourth-order valence-corrected chi connectivity index (χ4v) is 1.42. The largest absolute Gasteiger partial charge is 0.234 e. The third-order valence-electron chi connectivity index (χ3n) is 2.28. The van der Waals surface area contributed by atoms with E-state index in [2.05, 4.69) is 40.4 Å². The van der Waals surface area contributed by atoms with Crippen molar-refractivity contribution in [3.63, 3.8) is 0 Å². The molecule has 20 heavy (non-hydrogen) atoms. The van der Waals surface area contributed by atoms with Crippen LogP contribution in [0.15, 0.2) is 69.1 Å². The van der Waals surface area contributed by atoms with Gasteiger partial charge in [-0.3, -0.25) is 0 Å². The lowest BCUT2D eigenvalue weighted by atomic mass is 10.4. The molecule has 2 aliphatic rings. The molecule has 8 heteroatoms. The van der Waals surface area contributed by atoms with Crippen LogP contribution in [0.1, 0.15) is 0 Å². The van der Waals surface area contributed by atoms with Gasteiger partial charge in [-0.1, -0.05) is 0 Å². The number of fused-ring (bicyclic) bond motifs is 1. The molecule has 0 amide bonds. The first kappa shape index (κ1) is 11.9. The van der Waals surface area contributed by atoms with Gasteiger partial charge in [-0.25, -0.2) is 24.9 Å². The summed E-state index contributed by atoms with van der Waals surface area (Å²) in [5.41, 5.74) is 0.769. The molecule has 0 radical (unpaired) electrons. The molecule has 0 N–H and O–H groups in total. The van der Waals surface area contributed by atoms with Gasteiger partial charge in [0.25, 0.3) is 0 Å². The lowest BCUT2D eigenvalue weighted by molar-refractivity contribution is 1.08. The second-order valence-corrected chi connectivity index (χ2v) is 3.59. The second-order valence-electron chi connectivity index (χ2n) is 3.59. The minimum atomic E-state index is 0.554. The van der Waals surface area contributed by atoms with Gasteiger partial charge in [-0.05, 0) is 23.4 Å². The van der Waals surface area contributed by atoms with Gasteiger partial charge >= 0.3 is 0 Å². The Hall–Kier alpha value is -3.16. The second kappa shape index (κ2) is 5.65. The monoisotopic (exact) mass is 264 g/mol. The smallest absolute Gasteiger partial charge is 0.204 e. The minimum Gasteiger partial charge on any atom is -0.234 e. The topological polar surface area (TPSA) is 101 Å². The first-order chi connectivity index (χ1) is 9.93. The van der Waals surface area contributed by atoms with Crippen molar-refractivity contribution in [3.8, 4) is 11.6 Å². The van der Waals surface area contributed by atoms with Crippen LogP contribution in [0.2, 0.25) is 0 Å². The SMILES string of the molecule is C1=NC2=NN=NC2=C1.c1cnc(-c2ncccn2)nc1. The van der Waals surface area contributed by atoms with Crippen molar-refractivity contribution in [3.05, 3.63) is 48.7 Å². The van der Waals surface area contributed by atoms with E-state index in [4.69, 9.17) is 0 Å². The Morgan fingerprint density at radius 3 is 1.90 bits per heavy atom. The lowest BCUT2D eigenvalue weighted by Crippen LogP contribution is -1.91. The fourth-order valence-electron chi connectivity index (χ4n) is 1.42. The van der Waals surface area contributed by atoms with E-state index in [1.807, 2.05) is 0 Å². The van der Waals surface area contributed by atoms with E-state index < -0.39 is 0 Å². The highest BCUT2D eigenvalue weighted by molar-refractivity contribution is 6.11. The predicted molar refractivity (Wildman–Crippen MR) is 71.9 cm³/mol. The van der Waals surface area contributed by atoms with Crippen molar-refractivity contribution in [1.82, 2.24) is 19.9 Å². The molecule has 8 nitrogen and oxygen atoms in total. The first-order valence-electron chi connectivity index (χ1n) is 5.71. The van der Waals surface area contributed by atoms with Gasteiger partial charge < -0.3 is 0 Å². The maximum absolute atomic E-state index is 4.01. The Bertz CT molecular complexity index is 639. The zero-order chi connectivity index (χ0) is 13.6. The Kier molecular flexibility index (Phi) is 3.36. The van der Waals surface area contributed by atoms with Gasteiger partial charge in [0, 0.05) is 31.0 Å². The van der Waals surface area contributed by atoms with Crippen molar-refractivity contribution in [2.45, 2.75) is 0 Å². The molecule has 0 bridgehead atoms. The van der Waals surface area contributed by atoms with E-state index in [0.717, 1.165) is 5.70 Å². The molecule has 0 spiro atoms. The number of allylic oxidation sites excluding steroid dienone is 1. The highest BCUT2D eigenvalue weighted by atomic mass is 15.4. The van der Waals surface area contributed by atoms with Crippen molar-refractivity contribution >= 4 is 12.1 Å². The highest BCUT2D eigenvalue weighted by Gasteiger charge is 2.12. The third kappa shape index (κ3) is 2.64. The Morgan fingerprint density at radius 1 is 0.750 bits per heavy atom. The molecule has 0 fully saturated rings. The summed E-state index contributed by atoms with van der Waals surface area (Å²) in [5.74, 6) is 1.74. The van der Waals surface area contributed by atoms with Gasteiger partial charge in [0.05, 0.1) is 0 Å². The van der Waals surface area contributed by atoms with Gasteiger partial charge in [-0.2, -0.15) is 0 Å². The Morgan fingerprint density at radius 2 is 1.35 bits per heavy atom. The van der Waals surface area contributed by atoms with Gasteiger partial charge in [-0.15, -0.1) is 10.2 Å². The normalized spacial score (nSPS) is 14.2. The maximum Gasteiger partial charge on any atom is 0.204 e. The zero-order valence-corrected chi connectivity index (χ0v) is 10.2. The highest BCUT2D eigenvalue weighted by Crippen LogP contribution is 2.13. The standard InChI is InChI=1S/C8H6N4.C4H2N4/c1-3-9-7(10-4-1)8-11-5-2-6-12-8;1-2-5-4-3(1)6-8-7-4/h1-6H;1-2H. The first-order valence-corrected chi connectivity index (χ1v) is 5.71. The number of rotatable bonds is 1. The summed E-state index contributed by atoms with van der Waals surface area (Å²) in [4.78, 5) is 19.9. The molecule has 0 saturated carbocycles. The van der Waals surface area contributed by atoms with Crippen LogP contribution in [0, 0.1) is 0 Å². The van der Waals surface area contributed by atoms with E-state index in [-0.39, 0.29) is 0 Å². The number of hydrogen-bond donors (Lipinski definition) is 0. The molecule has 0 aromatic carbocycles. The molecule has 0 aliphatic carbocycles. The average molecular weight is 264 g/mol. The van der Waals surface area contributed by atoms with E-state index in [1.165, 1.54) is 0 Å². The quantitative estimate of drug-likeness (QED) is 0.781. The summed E-state index contributed by atoms with van der Waals surface area (Å²) in [6, 6.07) is 3.51. The van der Waals surface area contributed by atoms with Crippen molar-refractivity contribution in [1.29, 1.82) is 0 Å².